The number of nitrogens with zero attached hydrogens (tertiary/aromatic N) is 2. The van der Waals surface area contributed by atoms with E-state index in [0.29, 0.717) is 0 Å². The van der Waals surface area contributed by atoms with Crippen molar-refractivity contribution in [2.45, 2.75) is 20.3 Å². The van der Waals surface area contributed by atoms with Crippen LogP contribution in [-0.2, 0) is 0 Å². The lowest BCUT2D eigenvalue weighted by Crippen LogP contribution is -2.07. The zero-order chi connectivity index (χ0) is 12.3. The van der Waals surface area contributed by atoms with Gasteiger partial charge >= 0.3 is 0 Å². The fourth-order valence-electron chi connectivity index (χ4n) is 1.67. The Balaban J connectivity index is 2.35. The van der Waals surface area contributed by atoms with Crippen LogP contribution < -0.4 is 5.32 Å². The van der Waals surface area contributed by atoms with E-state index in [9.17, 15) is 0 Å². The number of halogens is 1. The second-order valence-electron chi connectivity index (χ2n) is 4.00. The smallest absolute Gasteiger partial charge is 0.207 e. The van der Waals surface area contributed by atoms with Gasteiger partial charge in [-0.15, -0.1) is 0 Å². The van der Waals surface area contributed by atoms with Crippen molar-refractivity contribution in [1.29, 1.82) is 0 Å². The molecule has 1 heterocycles. The molecule has 0 amide bonds. The van der Waals surface area contributed by atoms with Crippen LogP contribution in [0.2, 0.25) is 0 Å². The highest BCUT2D eigenvalue weighted by molar-refractivity contribution is 9.10. The van der Waals surface area contributed by atoms with Crippen LogP contribution in [0.1, 0.15) is 18.9 Å². The summed E-state index contributed by atoms with van der Waals surface area (Å²) in [4.78, 5) is 4.32. The minimum absolute atomic E-state index is 0.886. The van der Waals surface area contributed by atoms with Gasteiger partial charge in [-0.05, 0) is 47.0 Å². The van der Waals surface area contributed by atoms with E-state index in [4.69, 9.17) is 0 Å². The van der Waals surface area contributed by atoms with E-state index in [1.807, 2.05) is 12.4 Å². The molecule has 0 spiro atoms. The van der Waals surface area contributed by atoms with Crippen LogP contribution in [0.15, 0.2) is 35.1 Å². The lowest BCUT2D eigenvalue weighted by Gasteiger charge is -2.11. The molecule has 0 saturated carbocycles. The monoisotopic (exact) mass is 293 g/mol. The van der Waals surface area contributed by atoms with E-state index < -0.39 is 0 Å². The molecular weight excluding hydrogens is 278 g/mol. The normalized spacial score (nSPS) is 10.5. The van der Waals surface area contributed by atoms with Crippen LogP contribution >= 0.6 is 15.9 Å². The summed E-state index contributed by atoms with van der Waals surface area (Å²) in [6.07, 6.45) is 4.86. The van der Waals surface area contributed by atoms with Crippen LogP contribution in [0, 0.1) is 6.92 Å². The van der Waals surface area contributed by atoms with Gasteiger partial charge in [-0.1, -0.05) is 13.0 Å². The maximum Gasteiger partial charge on any atom is 0.207 e. The summed E-state index contributed by atoms with van der Waals surface area (Å²) >= 11 is 3.59. The molecule has 0 aliphatic rings. The van der Waals surface area contributed by atoms with Crippen LogP contribution in [0.3, 0.4) is 0 Å². The van der Waals surface area contributed by atoms with E-state index >= 15 is 0 Å². The number of anilines is 1. The second kappa shape index (κ2) is 5.36. The average Bonchev–Trinajstić information content (AvgIpc) is 2.74. The molecule has 0 aliphatic heterocycles. The molecule has 0 fully saturated rings. The van der Waals surface area contributed by atoms with Gasteiger partial charge in [0.15, 0.2) is 0 Å². The summed E-state index contributed by atoms with van der Waals surface area (Å²) in [7, 11) is 0. The SMILES string of the molecule is CCCNc1nccn1-c1ccc(C)cc1Br. The van der Waals surface area contributed by atoms with Gasteiger partial charge in [0.05, 0.1) is 5.69 Å². The summed E-state index contributed by atoms with van der Waals surface area (Å²) < 4.78 is 3.13. The third-order valence-electron chi connectivity index (χ3n) is 2.54. The van der Waals surface area contributed by atoms with Gasteiger partial charge in [0.25, 0.3) is 0 Å². The molecule has 4 heteroatoms. The molecule has 0 unspecified atom stereocenters. The highest BCUT2D eigenvalue weighted by Crippen LogP contribution is 2.24. The van der Waals surface area contributed by atoms with Crippen LogP contribution in [0.25, 0.3) is 5.69 Å². The van der Waals surface area contributed by atoms with Gasteiger partial charge in [-0.2, -0.15) is 0 Å². The Bertz CT molecular complexity index is 505. The first-order valence-corrected chi connectivity index (χ1v) is 6.55. The molecule has 2 rings (SSSR count). The number of aryl methyl sites for hydroxylation is 1. The number of hydrogen-bond acceptors (Lipinski definition) is 2. The number of benzene rings is 1. The van der Waals surface area contributed by atoms with E-state index in [2.05, 4.69) is 62.8 Å². The van der Waals surface area contributed by atoms with Crippen molar-refractivity contribution >= 4 is 21.9 Å². The van der Waals surface area contributed by atoms with Crippen molar-refractivity contribution in [2.75, 3.05) is 11.9 Å². The Morgan fingerprint density at radius 1 is 1.41 bits per heavy atom. The predicted octanol–water partition coefficient (Wildman–Crippen LogP) is 3.77. The number of hydrogen-bond donors (Lipinski definition) is 1. The number of nitrogens with one attached hydrogen (secondary N) is 1. The molecule has 0 aliphatic carbocycles. The van der Waals surface area contributed by atoms with Crippen molar-refractivity contribution in [3.8, 4) is 5.69 Å². The Kier molecular flexibility index (Phi) is 3.84. The largest absolute Gasteiger partial charge is 0.355 e. The topological polar surface area (TPSA) is 29.9 Å². The summed E-state index contributed by atoms with van der Waals surface area (Å²) in [5.74, 6) is 0.886. The zero-order valence-corrected chi connectivity index (χ0v) is 11.7. The van der Waals surface area contributed by atoms with Gasteiger partial charge in [0.1, 0.15) is 0 Å². The second-order valence-corrected chi connectivity index (χ2v) is 4.86. The molecular formula is C13H16BrN3. The van der Waals surface area contributed by atoms with Crippen molar-refractivity contribution in [2.24, 2.45) is 0 Å². The summed E-state index contributed by atoms with van der Waals surface area (Å²) in [6, 6.07) is 6.31. The Hall–Kier alpha value is -1.29. The van der Waals surface area contributed by atoms with E-state index in [1.54, 1.807) is 0 Å². The molecule has 0 bridgehead atoms. The number of aromatic nitrogens is 2. The molecule has 1 N–H and O–H groups in total. The van der Waals surface area contributed by atoms with Gasteiger partial charge < -0.3 is 5.32 Å². The zero-order valence-electron chi connectivity index (χ0n) is 10.1. The maximum absolute atomic E-state index is 4.32. The first-order valence-electron chi connectivity index (χ1n) is 5.76. The average molecular weight is 294 g/mol. The molecule has 2 aromatic rings. The van der Waals surface area contributed by atoms with Gasteiger partial charge in [-0.25, -0.2) is 4.98 Å². The van der Waals surface area contributed by atoms with Crippen LogP contribution in [0.4, 0.5) is 5.95 Å². The maximum atomic E-state index is 4.32. The summed E-state index contributed by atoms with van der Waals surface area (Å²) in [5.41, 5.74) is 2.34. The predicted molar refractivity (Wildman–Crippen MR) is 74.8 cm³/mol. The Labute approximate surface area is 110 Å². The van der Waals surface area contributed by atoms with Gasteiger partial charge in [0, 0.05) is 23.4 Å². The molecule has 1 aromatic carbocycles. The lowest BCUT2D eigenvalue weighted by atomic mass is 10.2. The quantitative estimate of drug-likeness (QED) is 0.930. The first kappa shape index (κ1) is 12.2. The molecule has 1 aromatic heterocycles. The minimum Gasteiger partial charge on any atom is -0.355 e. The summed E-state index contributed by atoms with van der Waals surface area (Å²) in [5, 5.41) is 3.31. The van der Waals surface area contributed by atoms with E-state index in [1.165, 1.54) is 5.56 Å². The lowest BCUT2D eigenvalue weighted by molar-refractivity contribution is 0.935. The van der Waals surface area contributed by atoms with Crippen LogP contribution in [-0.4, -0.2) is 16.1 Å². The number of rotatable bonds is 4. The molecule has 90 valence electrons. The van der Waals surface area contributed by atoms with Crippen molar-refractivity contribution in [1.82, 2.24) is 9.55 Å². The fraction of sp³-hybridized carbons (Fsp3) is 0.308. The molecule has 17 heavy (non-hydrogen) atoms. The van der Waals surface area contributed by atoms with E-state index in [-0.39, 0.29) is 0 Å². The third kappa shape index (κ3) is 2.69. The molecule has 0 radical (unpaired) electrons. The third-order valence-corrected chi connectivity index (χ3v) is 3.17. The standard InChI is InChI=1S/C13H16BrN3/c1-3-6-15-13-16-7-8-17(13)12-5-4-10(2)9-11(12)14/h4-5,7-9H,3,6H2,1-2H3,(H,15,16). The molecule has 0 atom stereocenters. The molecule has 3 nitrogen and oxygen atoms in total. The highest BCUT2D eigenvalue weighted by Gasteiger charge is 2.07. The summed E-state index contributed by atoms with van der Waals surface area (Å²) in [6.45, 7) is 5.15. The van der Waals surface area contributed by atoms with Crippen molar-refractivity contribution in [3.05, 3.63) is 40.6 Å². The highest BCUT2D eigenvalue weighted by atomic mass is 79.9. The van der Waals surface area contributed by atoms with Crippen LogP contribution in [0.5, 0.6) is 0 Å². The number of imidazole rings is 1. The Morgan fingerprint density at radius 3 is 2.94 bits per heavy atom. The Morgan fingerprint density at radius 2 is 2.24 bits per heavy atom. The first-order chi connectivity index (χ1) is 8.22. The minimum atomic E-state index is 0.886. The van der Waals surface area contributed by atoms with Gasteiger partial charge in [-0.3, -0.25) is 4.57 Å². The van der Waals surface area contributed by atoms with Crippen molar-refractivity contribution in [3.63, 3.8) is 0 Å². The fourth-order valence-corrected chi connectivity index (χ4v) is 2.36. The van der Waals surface area contributed by atoms with Gasteiger partial charge in [0.2, 0.25) is 5.95 Å². The van der Waals surface area contributed by atoms with E-state index in [0.717, 1.165) is 29.1 Å². The molecule has 0 saturated heterocycles. The van der Waals surface area contributed by atoms with Crippen molar-refractivity contribution < 1.29 is 0 Å².